The topological polar surface area (TPSA) is 113 Å². The molecule has 0 fully saturated rings. The zero-order valence-corrected chi connectivity index (χ0v) is 21.9. The number of hydrogen-bond donors (Lipinski definition) is 3. The molecule has 174 valence electrons. The summed E-state index contributed by atoms with van der Waals surface area (Å²) in [6.45, 7) is 1.24. The number of unbranched alkanes of at least 4 members (excludes halogenated alkanes) is 11. The van der Waals surface area contributed by atoms with Crippen LogP contribution in [-0.4, -0.2) is 40.2 Å². The first-order chi connectivity index (χ1) is 13.9. The summed E-state index contributed by atoms with van der Waals surface area (Å²) in [6, 6.07) is 0. The molecule has 0 rings (SSSR count). The Labute approximate surface area is 206 Å². The molecule has 0 bridgehead atoms. The normalized spacial score (nSPS) is 12.7. The van der Waals surface area contributed by atoms with Crippen LogP contribution >= 0.6 is 7.82 Å². The molecule has 9 heteroatoms. The third-order valence-corrected chi connectivity index (χ3v) is 5.14. The van der Waals surface area contributed by atoms with Gasteiger partial charge in [0.1, 0.15) is 12.7 Å². The molecule has 0 aromatic rings. The number of ether oxygens (including phenoxy) is 1. The van der Waals surface area contributed by atoms with Crippen molar-refractivity contribution >= 4 is 13.8 Å². The molecule has 0 aliphatic carbocycles. The molecular formula is C21H42NaO7P. The van der Waals surface area contributed by atoms with E-state index < -0.39 is 26.5 Å². The number of rotatable bonds is 20. The van der Waals surface area contributed by atoms with Crippen molar-refractivity contribution < 1.29 is 64.5 Å². The predicted octanol–water partition coefficient (Wildman–Crippen LogP) is 2.15. The molecule has 0 aromatic heterocycles. The van der Waals surface area contributed by atoms with E-state index in [1.807, 2.05) is 0 Å². The maximum absolute atomic E-state index is 11.6. The van der Waals surface area contributed by atoms with Gasteiger partial charge in [-0.05, 0) is 32.1 Å². The van der Waals surface area contributed by atoms with Crippen LogP contribution < -0.4 is 29.6 Å². The summed E-state index contributed by atoms with van der Waals surface area (Å²) in [6.07, 6.45) is 19.0. The van der Waals surface area contributed by atoms with Crippen molar-refractivity contribution in [2.45, 2.75) is 103 Å². The standard InChI is InChI=1S/C21H41O7P.Na.H/c1-2-3-4-5-6-7-8-9-10-11-12-13-14-15-16-17-21(23)27-19-20(18-22)28-29(24,25)26;;/h9-10,20,22H,2-8,11-19H2,1H3,(H2,24,25,26);;/q;+1;-1/b10-9-;;. The molecule has 0 amide bonds. The van der Waals surface area contributed by atoms with Gasteiger partial charge in [-0.25, -0.2) is 4.57 Å². The van der Waals surface area contributed by atoms with E-state index in [2.05, 4.69) is 23.6 Å². The van der Waals surface area contributed by atoms with Gasteiger partial charge >= 0.3 is 43.3 Å². The van der Waals surface area contributed by atoms with Crippen LogP contribution in [0.5, 0.6) is 0 Å². The summed E-state index contributed by atoms with van der Waals surface area (Å²) in [5.41, 5.74) is 0. The number of hydrogen-bond acceptors (Lipinski definition) is 5. The van der Waals surface area contributed by atoms with Gasteiger partial charge < -0.3 is 21.1 Å². The molecule has 1 atom stereocenters. The molecule has 3 N–H and O–H groups in total. The van der Waals surface area contributed by atoms with Crippen LogP contribution in [0.1, 0.15) is 98.2 Å². The van der Waals surface area contributed by atoms with Crippen LogP contribution in [0.25, 0.3) is 0 Å². The summed E-state index contributed by atoms with van der Waals surface area (Å²) >= 11 is 0. The minimum absolute atomic E-state index is 0. The Morgan fingerprint density at radius 1 is 0.933 bits per heavy atom. The first-order valence-corrected chi connectivity index (χ1v) is 12.6. The Balaban J connectivity index is -0.00000392. The molecule has 0 radical (unpaired) electrons. The summed E-state index contributed by atoms with van der Waals surface area (Å²) in [5, 5.41) is 8.95. The Morgan fingerprint density at radius 3 is 1.93 bits per heavy atom. The molecule has 0 saturated heterocycles. The molecule has 0 aromatic carbocycles. The first-order valence-electron chi connectivity index (χ1n) is 11.0. The quantitative estimate of drug-likeness (QED) is 0.0839. The van der Waals surface area contributed by atoms with Gasteiger partial charge in [0, 0.05) is 6.42 Å². The van der Waals surface area contributed by atoms with Crippen molar-refractivity contribution in [2.24, 2.45) is 0 Å². The van der Waals surface area contributed by atoms with Crippen molar-refractivity contribution in [3.05, 3.63) is 12.2 Å². The number of allylic oxidation sites excluding steroid dienone is 2. The molecule has 0 aliphatic rings. The number of aliphatic hydroxyl groups excluding tert-OH is 1. The molecule has 30 heavy (non-hydrogen) atoms. The summed E-state index contributed by atoms with van der Waals surface area (Å²) in [7, 11) is -4.71. The zero-order chi connectivity index (χ0) is 21.8. The van der Waals surface area contributed by atoms with E-state index in [0.29, 0.717) is 0 Å². The average Bonchev–Trinajstić information content (AvgIpc) is 2.67. The molecule has 0 saturated carbocycles. The number of carbonyl (C=O) groups is 1. The van der Waals surface area contributed by atoms with Crippen molar-refractivity contribution in [2.75, 3.05) is 13.2 Å². The third-order valence-electron chi connectivity index (χ3n) is 4.56. The van der Waals surface area contributed by atoms with Gasteiger partial charge in [-0.3, -0.25) is 9.32 Å². The van der Waals surface area contributed by atoms with Crippen molar-refractivity contribution in [1.82, 2.24) is 0 Å². The first kappa shape index (κ1) is 32.5. The second-order valence-electron chi connectivity index (χ2n) is 7.42. The van der Waals surface area contributed by atoms with Gasteiger partial charge in [0.2, 0.25) is 0 Å². The van der Waals surface area contributed by atoms with E-state index in [1.165, 1.54) is 44.9 Å². The molecule has 0 aliphatic heterocycles. The number of carbonyl (C=O) groups excluding carboxylic acids is 1. The smallest absolute Gasteiger partial charge is 1.00 e. The second-order valence-corrected chi connectivity index (χ2v) is 8.61. The summed E-state index contributed by atoms with van der Waals surface area (Å²) in [5.74, 6) is -0.449. The number of aliphatic hydroxyl groups is 1. The fourth-order valence-electron chi connectivity index (χ4n) is 2.91. The van der Waals surface area contributed by atoms with Crippen LogP contribution in [0.15, 0.2) is 12.2 Å². The van der Waals surface area contributed by atoms with Crippen LogP contribution in [0.4, 0.5) is 0 Å². The summed E-state index contributed by atoms with van der Waals surface area (Å²) < 4.78 is 19.9. The Hall–Kier alpha value is 0.280. The fourth-order valence-corrected chi connectivity index (χ4v) is 3.42. The number of phosphoric acid groups is 1. The van der Waals surface area contributed by atoms with Crippen LogP contribution in [-0.2, 0) is 18.6 Å². The van der Waals surface area contributed by atoms with E-state index in [0.717, 1.165) is 38.5 Å². The van der Waals surface area contributed by atoms with E-state index in [4.69, 9.17) is 19.6 Å². The fraction of sp³-hybridized carbons (Fsp3) is 0.857. The van der Waals surface area contributed by atoms with Gasteiger partial charge in [-0.15, -0.1) is 0 Å². The van der Waals surface area contributed by atoms with Gasteiger partial charge in [-0.1, -0.05) is 70.4 Å². The maximum Gasteiger partial charge on any atom is 1.00 e. The van der Waals surface area contributed by atoms with Gasteiger partial charge in [0.05, 0.1) is 6.61 Å². The Kier molecular flexibility index (Phi) is 24.3. The summed E-state index contributed by atoms with van der Waals surface area (Å²) in [4.78, 5) is 28.9. The molecule has 1 unspecified atom stereocenters. The van der Waals surface area contributed by atoms with Crippen molar-refractivity contribution in [1.29, 1.82) is 0 Å². The van der Waals surface area contributed by atoms with E-state index in [1.54, 1.807) is 0 Å². The third kappa shape index (κ3) is 24.5. The molecule has 0 spiro atoms. The average molecular weight is 461 g/mol. The van der Waals surface area contributed by atoms with Gasteiger partial charge in [-0.2, -0.15) is 0 Å². The van der Waals surface area contributed by atoms with Gasteiger partial charge in [0.25, 0.3) is 0 Å². The SMILES string of the molecule is CCCCCCCC/C=C\CCCCCCCC(=O)OCC(CO)OP(=O)(O)O.[H-].[Na+]. The predicted molar refractivity (Wildman–Crippen MR) is 116 cm³/mol. The minimum Gasteiger partial charge on any atom is -1.00 e. The number of esters is 1. The Morgan fingerprint density at radius 2 is 1.43 bits per heavy atom. The van der Waals surface area contributed by atoms with Crippen molar-refractivity contribution in [3.63, 3.8) is 0 Å². The van der Waals surface area contributed by atoms with Crippen LogP contribution in [0.3, 0.4) is 0 Å². The van der Waals surface area contributed by atoms with Crippen LogP contribution in [0, 0.1) is 0 Å². The van der Waals surface area contributed by atoms with E-state index in [9.17, 15) is 9.36 Å². The Bertz CT molecular complexity index is 475. The minimum atomic E-state index is -4.71. The van der Waals surface area contributed by atoms with Crippen LogP contribution in [0.2, 0.25) is 0 Å². The van der Waals surface area contributed by atoms with Crippen molar-refractivity contribution in [3.8, 4) is 0 Å². The second kappa shape index (κ2) is 22.5. The molecule has 0 heterocycles. The van der Waals surface area contributed by atoms with E-state index >= 15 is 0 Å². The van der Waals surface area contributed by atoms with Gasteiger partial charge in [0.15, 0.2) is 0 Å². The molecule has 7 nitrogen and oxygen atoms in total. The monoisotopic (exact) mass is 460 g/mol. The number of phosphoric ester groups is 1. The zero-order valence-electron chi connectivity index (χ0n) is 20.0. The maximum atomic E-state index is 11.6. The largest absolute Gasteiger partial charge is 1.00 e. The van der Waals surface area contributed by atoms with E-state index in [-0.39, 0.29) is 44.0 Å². The molecular weight excluding hydrogens is 418 g/mol.